The van der Waals surface area contributed by atoms with Crippen molar-refractivity contribution in [1.82, 2.24) is 4.90 Å². The first-order valence-electron chi connectivity index (χ1n) is 8.19. The third kappa shape index (κ3) is 3.93. The molecular formula is C16H33NO2. The molecule has 1 fully saturated rings. The van der Waals surface area contributed by atoms with Crippen LogP contribution >= 0.6 is 0 Å². The van der Waals surface area contributed by atoms with Gasteiger partial charge in [-0.2, -0.15) is 0 Å². The maximum atomic E-state index is 10.8. The lowest BCUT2D eigenvalue weighted by Gasteiger charge is -2.46. The zero-order valence-electron chi connectivity index (χ0n) is 13.3. The maximum absolute atomic E-state index is 10.8. The number of hydrogen-bond donors (Lipinski definition) is 1. The fraction of sp³-hybridized carbons (Fsp3) is 1.00. The van der Waals surface area contributed by atoms with Crippen molar-refractivity contribution in [2.75, 3.05) is 19.7 Å². The average molecular weight is 271 g/mol. The third-order valence-electron chi connectivity index (χ3n) is 5.02. The second-order valence-electron chi connectivity index (χ2n) is 5.71. The van der Waals surface area contributed by atoms with Crippen LogP contribution in [0, 0.1) is 0 Å². The highest BCUT2D eigenvalue weighted by Gasteiger charge is 2.39. The summed E-state index contributed by atoms with van der Waals surface area (Å²) in [4.78, 5) is 2.44. The van der Waals surface area contributed by atoms with E-state index in [-0.39, 0.29) is 11.6 Å². The van der Waals surface area contributed by atoms with E-state index in [1.165, 1.54) is 12.8 Å². The molecule has 0 bridgehead atoms. The van der Waals surface area contributed by atoms with Gasteiger partial charge in [-0.25, -0.2) is 0 Å². The van der Waals surface area contributed by atoms with Crippen molar-refractivity contribution in [2.45, 2.75) is 84.0 Å². The van der Waals surface area contributed by atoms with E-state index in [1.54, 1.807) is 0 Å². The normalized spacial score (nSPS) is 22.1. The number of rotatable bonds is 9. The Kier molecular flexibility index (Phi) is 7.33. The first-order chi connectivity index (χ1) is 9.14. The monoisotopic (exact) mass is 271 g/mol. The highest BCUT2D eigenvalue weighted by Crippen LogP contribution is 2.31. The van der Waals surface area contributed by atoms with Crippen molar-refractivity contribution >= 4 is 0 Å². The lowest BCUT2D eigenvalue weighted by atomic mass is 9.81. The molecule has 0 aromatic heterocycles. The van der Waals surface area contributed by atoms with E-state index in [4.69, 9.17) is 4.74 Å². The molecule has 1 saturated heterocycles. The van der Waals surface area contributed by atoms with Gasteiger partial charge in [0.2, 0.25) is 0 Å². The SMILES string of the molecule is CCN(CC)C(CC)(CC)C(O)CCC1CCCO1. The number of hydrogen-bond acceptors (Lipinski definition) is 3. The Morgan fingerprint density at radius 2 is 1.84 bits per heavy atom. The Morgan fingerprint density at radius 1 is 1.21 bits per heavy atom. The fourth-order valence-electron chi connectivity index (χ4n) is 3.72. The van der Waals surface area contributed by atoms with Crippen LogP contribution in [0.2, 0.25) is 0 Å². The van der Waals surface area contributed by atoms with Crippen LogP contribution in [-0.2, 0) is 4.74 Å². The van der Waals surface area contributed by atoms with E-state index < -0.39 is 0 Å². The van der Waals surface area contributed by atoms with Crippen molar-refractivity contribution in [2.24, 2.45) is 0 Å². The minimum atomic E-state index is -0.244. The number of aliphatic hydroxyl groups is 1. The molecule has 0 aromatic rings. The van der Waals surface area contributed by atoms with Crippen molar-refractivity contribution < 1.29 is 9.84 Å². The predicted octanol–water partition coefficient (Wildman–Crippen LogP) is 3.21. The molecule has 0 radical (unpaired) electrons. The molecule has 3 nitrogen and oxygen atoms in total. The van der Waals surface area contributed by atoms with Gasteiger partial charge < -0.3 is 9.84 Å². The molecule has 0 aliphatic carbocycles. The standard InChI is InChI=1S/C16H33NO2/c1-5-16(6-2,17(7-3)8-4)15(18)12-11-14-10-9-13-19-14/h14-15,18H,5-13H2,1-4H3. The average Bonchev–Trinajstić information content (AvgIpc) is 2.95. The van der Waals surface area contributed by atoms with Gasteiger partial charge in [0.25, 0.3) is 0 Å². The molecule has 1 aliphatic rings. The Labute approximate surface area is 119 Å². The Balaban J connectivity index is 2.62. The van der Waals surface area contributed by atoms with Crippen LogP contribution in [0.15, 0.2) is 0 Å². The summed E-state index contributed by atoms with van der Waals surface area (Å²) in [7, 11) is 0. The molecular weight excluding hydrogens is 238 g/mol. The molecule has 3 heteroatoms. The van der Waals surface area contributed by atoms with Crippen LogP contribution in [0.3, 0.4) is 0 Å². The summed E-state index contributed by atoms with van der Waals surface area (Å²) in [6.45, 7) is 11.7. The van der Waals surface area contributed by atoms with Crippen LogP contribution in [0.25, 0.3) is 0 Å². The molecule has 2 atom stereocenters. The van der Waals surface area contributed by atoms with E-state index in [2.05, 4.69) is 32.6 Å². The maximum Gasteiger partial charge on any atom is 0.0724 e. The summed E-state index contributed by atoms with van der Waals surface area (Å²) < 4.78 is 5.67. The van der Waals surface area contributed by atoms with Crippen LogP contribution < -0.4 is 0 Å². The van der Waals surface area contributed by atoms with E-state index in [0.29, 0.717) is 6.10 Å². The number of ether oxygens (including phenoxy) is 1. The van der Waals surface area contributed by atoms with E-state index in [0.717, 1.165) is 45.4 Å². The molecule has 0 amide bonds. The summed E-state index contributed by atoms with van der Waals surface area (Å²) in [5.41, 5.74) is -0.0535. The Bertz CT molecular complexity index is 231. The molecule has 0 spiro atoms. The molecule has 2 unspecified atom stereocenters. The summed E-state index contributed by atoms with van der Waals surface area (Å²) >= 11 is 0. The molecule has 19 heavy (non-hydrogen) atoms. The number of likely N-dealkylation sites (N-methyl/N-ethyl adjacent to an activating group) is 1. The summed E-state index contributed by atoms with van der Waals surface area (Å²) in [6.07, 6.45) is 6.39. The summed E-state index contributed by atoms with van der Waals surface area (Å²) in [6, 6.07) is 0. The predicted molar refractivity (Wildman–Crippen MR) is 80.4 cm³/mol. The lowest BCUT2D eigenvalue weighted by molar-refractivity contribution is -0.0447. The highest BCUT2D eigenvalue weighted by molar-refractivity contribution is 4.94. The highest BCUT2D eigenvalue weighted by atomic mass is 16.5. The largest absolute Gasteiger partial charge is 0.391 e. The molecule has 1 heterocycles. The van der Waals surface area contributed by atoms with Crippen LogP contribution in [-0.4, -0.2) is 47.4 Å². The molecule has 1 N–H and O–H groups in total. The smallest absolute Gasteiger partial charge is 0.0724 e. The minimum Gasteiger partial charge on any atom is -0.391 e. The topological polar surface area (TPSA) is 32.7 Å². The van der Waals surface area contributed by atoms with Crippen molar-refractivity contribution in [3.05, 3.63) is 0 Å². The van der Waals surface area contributed by atoms with E-state index >= 15 is 0 Å². The summed E-state index contributed by atoms with van der Waals surface area (Å²) in [5, 5.41) is 10.8. The van der Waals surface area contributed by atoms with Crippen molar-refractivity contribution in [3.8, 4) is 0 Å². The van der Waals surface area contributed by atoms with Crippen LogP contribution in [0.1, 0.15) is 66.2 Å². The Hall–Kier alpha value is -0.120. The van der Waals surface area contributed by atoms with Gasteiger partial charge in [-0.15, -0.1) is 0 Å². The van der Waals surface area contributed by atoms with Gasteiger partial charge in [0.05, 0.1) is 12.2 Å². The third-order valence-corrected chi connectivity index (χ3v) is 5.02. The van der Waals surface area contributed by atoms with Crippen LogP contribution in [0.5, 0.6) is 0 Å². The molecule has 114 valence electrons. The lowest BCUT2D eigenvalue weighted by Crippen LogP contribution is -2.56. The molecule has 0 aromatic carbocycles. The van der Waals surface area contributed by atoms with Gasteiger partial charge >= 0.3 is 0 Å². The number of aliphatic hydroxyl groups excluding tert-OH is 1. The summed E-state index contributed by atoms with van der Waals surface area (Å²) in [5.74, 6) is 0. The molecule has 0 saturated carbocycles. The van der Waals surface area contributed by atoms with Crippen molar-refractivity contribution in [3.63, 3.8) is 0 Å². The van der Waals surface area contributed by atoms with Gasteiger partial charge in [0, 0.05) is 12.1 Å². The zero-order chi connectivity index (χ0) is 14.3. The van der Waals surface area contributed by atoms with Crippen LogP contribution in [0.4, 0.5) is 0 Å². The van der Waals surface area contributed by atoms with E-state index in [9.17, 15) is 5.11 Å². The first kappa shape index (κ1) is 16.9. The minimum absolute atomic E-state index is 0.0535. The fourth-order valence-corrected chi connectivity index (χ4v) is 3.72. The van der Waals surface area contributed by atoms with E-state index in [1.807, 2.05) is 0 Å². The van der Waals surface area contributed by atoms with Gasteiger partial charge in [-0.1, -0.05) is 27.7 Å². The van der Waals surface area contributed by atoms with Gasteiger partial charge in [-0.3, -0.25) is 4.90 Å². The van der Waals surface area contributed by atoms with Gasteiger partial charge in [0.15, 0.2) is 0 Å². The second kappa shape index (κ2) is 8.23. The number of nitrogens with zero attached hydrogens (tertiary/aromatic N) is 1. The quantitative estimate of drug-likeness (QED) is 0.699. The Morgan fingerprint density at radius 3 is 2.26 bits per heavy atom. The zero-order valence-corrected chi connectivity index (χ0v) is 13.3. The molecule has 1 rings (SSSR count). The van der Waals surface area contributed by atoms with Crippen molar-refractivity contribution in [1.29, 1.82) is 0 Å². The second-order valence-corrected chi connectivity index (χ2v) is 5.71. The van der Waals surface area contributed by atoms with Gasteiger partial charge in [-0.05, 0) is 51.6 Å². The van der Waals surface area contributed by atoms with Gasteiger partial charge in [0.1, 0.15) is 0 Å². The molecule has 1 aliphatic heterocycles. The first-order valence-corrected chi connectivity index (χ1v) is 8.19.